The molecule has 2 aliphatic carbocycles. The highest BCUT2D eigenvalue weighted by atomic mass is 14.4. The average Bonchev–Trinajstić information content (AvgIpc) is 3.66. The molecule has 0 heterocycles. The van der Waals surface area contributed by atoms with Crippen molar-refractivity contribution in [3.05, 3.63) is 216 Å². The second-order valence-corrected chi connectivity index (χ2v) is 18.0. The SMILES string of the molecule is CC1(C)c2ccccc2-c2cc3c(cc21)-c1ccc(-c2ccc(-c4c5ccccc5c(-c5ccccc5-c5ccccc5)c5ccc6ccccc6c45)cc2)cc1C3(C)C. The molecule has 0 fully saturated rings. The normalized spacial score (nSPS) is 14.3. The summed E-state index contributed by atoms with van der Waals surface area (Å²) in [6.45, 7) is 9.58. The van der Waals surface area contributed by atoms with Gasteiger partial charge in [-0.05, 0) is 140 Å². The molecule has 0 atom stereocenters. The molecule has 0 aliphatic heterocycles. The fraction of sp³-hybridized carbons (Fsp3) is 0.100. The number of fused-ring (bicyclic) bond motifs is 10. The van der Waals surface area contributed by atoms with E-state index in [0.29, 0.717) is 0 Å². The van der Waals surface area contributed by atoms with Crippen LogP contribution in [0.15, 0.2) is 194 Å². The maximum atomic E-state index is 2.51. The zero-order valence-corrected chi connectivity index (χ0v) is 34.5. The molecule has 12 rings (SSSR count). The molecule has 0 radical (unpaired) electrons. The lowest BCUT2D eigenvalue weighted by Gasteiger charge is -2.24. The van der Waals surface area contributed by atoms with Gasteiger partial charge in [-0.15, -0.1) is 0 Å². The molecule has 0 spiro atoms. The topological polar surface area (TPSA) is 0 Å². The number of benzene rings is 10. The maximum Gasteiger partial charge on any atom is 0.0159 e. The maximum absolute atomic E-state index is 2.51. The van der Waals surface area contributed by atoms with Crippen molar-refractivity contribution in [1.29, 1.82) is 0 Å². The Bertz CT molecular complexity index is 3400. The predicted molar refractivity (Wildman–Crippen MR) is 256 cm³/mol. The Morgan fingerprint density at radius 3 is 1.52 bits per heavy atom. The van der Waals surface area contributed by atoms with Crippen LogP contribution in [-0.4, -0.2) is 0 Å². The van der Waals surface area contributed by atoms with Gasteiger partial charge in [0.2, 0.25) is 0 Å². The first-order valence-electron chi connectivity index (χ1n) is 21.3. The standard InChI is InChI=1S/C60H44/c1-59(2)52-25-15-14-21-44(52)50-35-55-51(36-54(50)59)45-32-31-41(34-53(45)60(55,3)4)37-26-28-40(29-27-37)56-47-23-12-13-24-48(47)57(49-33-30-39-18-8-9-20-43(39)58(49)56)46-22-11-10-19-42(46)38-16-6-5-7-17-38/h5-36H,1-4H3. The minimum Gasteiger partial charge on any atom is -0.0622 e. The van der Waals surface area contributed by atoms with Gasteiger partial charge in [-0.3, -0.25) is 0 Å². The summed E-state index contributed by atoms with van der Waals surface area (Å²) in [6.07, 6.45) is 0. The van der Waals surface area contributed by atoms with Crippen molar-refractivity contribution in [3.63, 3.8) is 0 Å². The molecule has 0 saturated heterocycles. The van der Waals surface area contributed by atoms with E-state index in [-0.39, 0.29) is 10.8 Å². The van der Waals surface area contributed by atoms with E-state index in [2.05, 4.69) is 222 Å². The molecule has 0 bridgehead atoms. The van der Waals surface area contributed by atoms with Crippen molar-refractivity contribution in [3.8, 4) is 66.8 Å². The Hall–Kier alpha value is -7.02. The van der Waals surface area contributed by atoms with E-state index in [0.717, 1.165) is 0 Å². The monoisotopic (exact) mass is 764 g/mol. The van der Waals surface area contributed by atoms with Crippen LogP contribution >= 0.6 is 0 Å². The Kier molecular flexibility index (Phi) is 7.42. The van der Waals surface area contributed by atoms with Gasteiger partial charge in [0.25, 0.3) is 0 Å². The van der Waals surface area contributed by atoms with Gasteiger partial charge in [-0.1, -0.05) is 204 Å². The third kappa shape index (κ3) is 4.91. The van der Waals surface area contributed by atoms with Crippen molar-refractivity contribution in [2.75, 3.05) is 0 Å². The number of rotatable bonds is 4. The van der Waals surface area contributed by atoms with Crippen molar-refractivity contribution in [2.45, 2.75) is 38.5 Å². The summed E-state index contributed by atoms with van der Waals surface area (Å²) in [7, 11) is 0. The average molecular weight is 765 g/mol. The van der Waals surface area contributed by atoms with Crippen LogP contribution in [0.2, 0.25) is 0 Å². The van der Waals surface area contributed by atoms with E-state index in [1.165, 1.54) is 121 Å². The van der Waals surface area contributed by atoms with Gasteiger partial charge in [-0.25, -0.2) is 0 Å². The Morgan fingerprint density at radius 1 is 0.267 bits per heavy atom. The van der Waals surface area contributed by atoms with Crippen LogP contribution in [0.4, 0.5) is 0 Å². The second kappa shape index (κ2) is 12.7. The fourth-order valence-corrected chi connectivity index (χ4v) is 11.0. The molecule has 0 unspecified atom stereocenters. The molecule has 10 aromatic carbocycles. The van der Waals surface area contributed by atoms with E-state index in [1.54, 1.807) is 0 Å². The van der Waals surface area contributed by atoms with Crippen molar-refractivity contribution >= 4 is 32.3 Å². The quantitative estimate of drug-likeness (QED) is 0.124. The van der Waals surface area contributed by atoms with Gasteiger partial charge in [0.1, 0.15) is 0 Å². The van der Waals surface area contributed by atoms with Gasteiger partial charge in [-0.2, -0.15) is 0 Å². The van der Waals surface area contributed by atoms with E-state index in [9.17, 15) is 0 Å². The molecule has 0 saturated carbocycles. The van der Waals surface area contributed by atoms with E-state index in [1.807, 2.05) is 0 Å². The summed E-state index contributed by atoms with van der Waals surface area (Å²) >= 11 is 0. The van der Waals surface area contributed by atoms with Crippen LogP contribution in [0, 0.1) is 0 Å². The molecule has 0 N–H and O–H groups in total. The molecule has 0 nitrogen and oxygen atoms in total. The molecule has 10 aromatic rings. The van der Waals surface area contributed by atoms with Crippen LogP contribution in [0.5, 0.6) is 0 Å². The third-order valence-corrected chi connectivity index (χ3v) is 14.1. The summed E-state index contributed by atoms with van der Waals surface area (Å²) in [5.74, 6) is 0. The summed E-state index contributed by atoms with van der Waals surface area (Å²) in [6, 6.07) is 72.9. The molecule has 0 amide bonds. The first-order valence-corrected chi connectivity index (χ1v) is 21.3. The highest BCUT2D eigenvalue weighted by Gasteiger charge is 2.41. The van der Waals surface area contributed by atoms with Gasteiger partial charge < -0.3 is 0 Å². The molecular formula is C60H44. The van der Waals surface area contributed by atoms with Crippen LogP contribution in [0.3, 0.4) is 0 Å². The third-order valence-electron chi connectivity index (χ3n) is 14.1. The minimum atomic E-state index is -0.114. The molecular weight excluding hydrogens is 721 g/mol. The molecule has 0 heteroatoms. The highest BCUT2D eigenvalue weighted by Crippen LogP contribution is 2.56. The summed E-state index contributed by atoms with van der Waals surface area (Å²) in [5, 5.41) is 7.62. The summed E-state index contributed by atoms with van der Waals surface area (Å²) < 4.78 is 0. The molecule has 0 aromatic heterocycles. The molecule has 60 heavy (non-hydrogen) atoms. The van der Waals surface area contributed by atoms with Crippen molar-refractivity contribution < 1.29 is 0 Å². The smallest absolute Gasteiger partial charge is 0.0159 e. The van der Waals surface area contributed by atoms with Gasteiger partial charge >= 0.3 is 0 Å². The lowest BCUT2D eigenvalue weighted by Crippen LogP contribution is -2.17. The highest BCUT2D eigenvalue weighted by molar-refractivity contribution is 6.28. The molecule has 284 valence electrons. The lowest BCUT2D eigenvalue weighted by atomic mass is 9.79. The van der Waals surface area contributed by atoms with Crippen LogP contribution < -0.4 is 0 Å². The second-order valence-electron chi connectivity index (χ2n) is 18.0. The molecule has 2 aliphatic rings. The Morgan fingerprint density at radius 2 is 0.783 bits per heavy atom. The Balaban J connectivity index is 1.01. The number of hydrogen-bond acceptors (Lipinski definition) is 0. The largest absolute Gasteiger partial charge is 0.0622 e. The summed E-state index contributed by atoms with van der Waals surface area (Å²) in [4.78, 5) is 0. The first kappa shape index (κ1) is 35.0. The van der Waals surface area contributed by atoms with Gasteiger partial charge in [0.15, 0.2) is 0 Å². The van der Waals surface area contributed by atoms with Crippen LogP contribution in [-0.2, 0) is 10.8 Å². The van der Waals surface area contributed by atoms with Gasteiger partial charge in [0, 0.05) is 10.8 Å². The summed E-state index contributed by atoms with van der Waals surface area (Å²) in [5.41, 5.74) is 21.1. The van der Waals surface area contributed by atoms with Gasteiger partial charge in [0.05, 0.1) is 0 Å². The number of hydrogen-bond donors (Lipinski definition) is 0. The minimum absolute atomic E-state index is 0.0224. The zero-order valence-electron chi connectivity index (χ0n) is 34.5. The van der Waals surface area contributed by atoms with Crippen molar-refractivity contribution in [1.82, 2.24) is 0 Å². The Labute approximate surface area is 352 Å². The van der Waals surface area contributed by atoms with Crippen LogP contribution in [0.1, 0.15) is 49.9 Å². The lowest BCUT2D eigenvalue weighted by molar-refractivity contribution is 0.652. The van der Waals surface area contributed by atoms with E-state index < -0.39 is 0 Å². The fourth-order valence-electron chi connectivity index (χ4n) is 11.0. The zero-order chi connectivity index (χ0) is 40.3. The van der Waals surface area contributed by atoms with E-state index in [4.69, 9.17) is 0 Å². The van der Waals surface area contributed by atoms with E-state index >= 15 is 0 Å². The first-order chi connectivity index (χ1) is 29.3. The van der Waals surface area contributed by atoms with Crippen LogP contribution in [0.25, 0.3) is 99.1 Å². The van der Waals surface area contributed by atoms with Crippen molar-refractivity contribution in [2.24, 2.45) is 0 Å². The predicted octanol–water partition coefficient (Wildman–Crippen LogP) is 16.4.